The van der Waals surface area contributed by atoms with E-state index in [-0.39, 0.29) is 18.0 Å². The predicted octanol–water partition coefficient (Wildman–Crippen LogP) is 3.91. The van der Waals surface area contributed by atoms with E-state index >= 15 is 0 Å². The highest BCUT2D eigenvalue weighted by Crippen LogP contribution is 2.40. The van der Waals surface area contributed by atoms with Crippen molar-refractivity contribution in [3.63, 3.8) is 0 Å². The number of carbonyl (C=O) groups is 1. The Morgan fingerprint density at radius 1 is 1.03 bits per heavy atom. The number of hydrogen-bond donors (Lipinski definition) is 1. The maximum absolute atomic E-state index is 13.9. The molecule has 7 nitrogen and oxygen atoms in total. The average Bonchev–Trinajstić information content (AvgIpc) is 3.51. The Labute approximate surface area is 223 Å². The molecular formula is C28H27N5O2S2. The Hall–Kier alpha value is -3.82. The van der Waals surface area contributed by atoms with Gasteiger partial charge in [0, 0.05) is 23.7 Å². The first-order valence-corrected chi connectivity index (χ1v) is 13.6. The summed E-state index contributed by atoms with van der Waals surface area (Å²) in [6, 6.07) is 18.8. The number of aliphatic imine (C=N–C) groups is 1. The molecule has 2 aliphatic rings. The van der Waals surface area contributed by atoms with E-state index in [9.17, 15) is 9.59 Å². The summed E-state index contributed by atoms with van der Waals surface area (Å²) < 4.78 is 2.79. The zero-order valence-electron chi connectivity index (χ0n) is 20.9. The van der Waals surface area contributed by atoms with Crippen molar-refractivity contribution in [2.45, 2.75) is 27.3 Å². The second kappa shape index (κ2) is 10.3. The number of nitrogens with one attached hydrogen (secondary N) is 1. The van der Waals surface area contributed by atoms with Gasteiger partial charge in [-0.05, 0) is 45.0 Å². The monoisotopic (exact) mass is 529 g/mol. The molecule has 0 atom stereocenters. The van der Waals surface area contributed by atoms with Gasteiger partial charge in [0.2, 0.25) is 0 Å². The summed E-state index contributed by atoms with van der Waals surface area (Å²) in [6.45, 7) is 11.1. The lowest BCUT2D eigenvalue weighted by molar-refractivity contribution is -0.113. The summed E-state index contributed by atoms with van der Waals surface area (Å²) in [7, 11) is 0. The Balaban J connectivity index is 1.82. The van der Waals surface area contributed by atoms with Crippen molar-refractivity contribution in [3.8, 4) is 0 Å². The number of amidine groups is 1. The number of para-hydroxylation sites is 2. The van der Waals surface area contributed by atoms with E-state index < -0.39 is 0 Å². The number of allylic oxidation sites excluding steroid dienone is 3. The zero-order chi connectivity index (χ0) is 26.1. The summed E-state index contributed by atoms with van der Waals surface area (Å²) in [6.07, 6.45) is 1.68. The number of thiazole rings is 1. The Kier molecular flexibility index (Phi) is 6.90. The van der Waals surface area contributed by atoms with Crippen LogP contribution >= 0.6 is 23.1 Å². The second-order valence-electron chi connectivity index (χ2n) is 8.49. The van der Waals surface area contributed by atoms with Crippen molar-refractivity contribution in [2.24, 2.45) is 4.99 Å². The highest BCUT2D eigenvalue weighted by Gasteiger charge is 2.35. The molecule has 1 N–H and O–H groups in total. The van der Waals surface area contributed by atoms with Crippen LogP contribution in [0.5, 0.6) is 0 Å². The van der Waals surface area contributed by atoms with Crippen LogP contribution < -0.4 is 25.2 Å². The molecule has 0 saturated carbocycles. The number of hydrazine groups is 1. The van der Waals surface area contributed by atoms with Crippen molar-refractivity contribution >= 4 is 56.8 Å². The molecule has 3 heterocycles. The normalized spacial score (nSPS) is 19.8. The van der Waals surface area contributed by atoms with E-state index in [1.807, 2.05) is 60.7 Å². The minimum absolute atomic E-state index is 0.138. The van der Waals surface area contributed by atoms with Gasteiger partial charge in [-0.15, -0.1) is 17.9 Å². The number of anilines is 1. The van der Waals surface area contributed by atoms with Crippen LogP contribution in [-0.4, -0.2) is 27.8 Å². The lowest BCUT2D eigenvalue weighted by Crippen LogP contribution is -2.36. The summed E-state index contributed by atoms with van der Waals surface area (Å²) in [5, 5.41) is 2.38. The number of amides is 1. The molecule has 1 amide bonds. The maximum Gasteiger partial charge on any atom is 0.283 e. The highest BCUT2D eigenvalue weighted by molar-refractivity contribution is 8.11. The molecule has 0 unspecified atom stereocenters. The smallest absolute Gasteiger partial charge is 0.283 e. The van der Waals surface area contributed by atoms with Crippen molar-refractivity contribution in [1.82, 2.24) is 14.9 Å². The van der Waals surface area contributed by atoms with Crippen molar-refractivity contribution in [3.05, 3.63) is 103 Å². The van der Waals surface area contributed by atoms with E-state index in [4.69, 9.17) is 4.99 Å². The molecule has 9 heteroatoms. The van der Waals surface area contributed by atoms with Gasteiger partial charge in [0.25, 0.3) is 11.5 Å². The first kappa shape index (κ1) is 24.9. The number of thioether (sulfide) groups is 1. The molecule has 1 saturated heterocycles. The quantitative estimate of drug-likeness (QED) is 0.508. The van der Waals surface area contributed by atoms with E-state index in [0.717, 1.165) is 22.2 Å². The highest BCUT2D eigenvalue weighted by atomic mass is 32.2. The molecule has 188 valence electrons. The third-order valence-electron chi connectivity index (χ3n) is 6.21. The molecule has 37 heavy (non-hydrogen) atoms. The van der Waals surface area contributed by atoms with Gasteiger partial charge in [-0.2, -0.15) is 0 Å². The molecule has 0 radical (unpaired) electrons. The van der Waals surface area contributed by atoms with E-state index in [1.54, 1.807) is 22.4 Å². The van der Waals surface area contributed by atoms with Crippen LogP contribution in [0.4, 0.5) is 11.4 Å². The van der Waals surface area contributed by atoms with Gasteiger partial charge in [-0.25, -0.2) is 10.0 Å². The predicted molar refractivity (Wildman–Crippen MR) is 154 cm³/mol. The SMILES string of the molecule is C=CCn1c(=O)/c(=C2/SC(C)=C(C)N2CC)s/c1=C1/C(=O)N(c2ccccc2)NC1=Nc1ccccc1. The van der Waals surface area contributed by atoms with Crippen molar-refractivity contribution in [1.29, 1.82) is 0 Å². The van der Waals surface area contributed by atoms with Crippen LogP contribution in [0.25, 0.3) is 10.6 Å². The standard InChI is InChI=1S/C28H27N5O2S2/c1-5-17-32-26(35)23(28-31(6-2)18(3)19(4)36-28)37-27(32)22-24(29-20-13-9-7-10-14-20)30-33(25(22)34)21-15-11-8-12-16-21/h5,7-16H,1,6,17H2,2-4H3,(H,29,30)/b27-22+,28-23-. The zero-order valence-corrected chi connectivity index (χ0v) is 22.5. The van der Waals surface area contributed by atoms with Crippen LogP contribution in [0.15, 0.2) is 93.7 Å². The lowest BCUT2D eigenvalue weighted by Gasteiger charge is -2.17. The third-order valence-corrected chi connectivity index (χ3v) is 8.75. The van der Waals surface area contributed by atoms with Crippen LogP contribution in [0, 0.1) is 0 Å². The van der Waals surface area contributed by atoms with Gasteiger partial charge in [-0.1, -0.05) is 54.2 Å². The number of hydrogen-bond acceptors (Lipinski definition) is 6. The first-order chi connectivity index (χ1) is 17.9. The van der Waals surface area contributed by atoms with Gasteiger partial charge < -0.3 is 4.90 Å². The van der Waals surface area contributed by atoms with Crippen LogP contribution in [-0.2, 0) is 11.3 Å². The summed E-state index contributed by atoms with van der Waals surface area (Å²) >= 11 is 2.93. The minimum Gasteiger partial charge on any atom is -0.338 e. The fourth-order valence-electron chi connectivity index (χ4n) is 4.28. The number of benzene rings is 2. The molecule has 1 fully saturated rings. The first-order valence-electron chi connectivity index (χ1n) is 12.0. The van der Waals surface area contributed by atoms with Gasteiger partial charge >= 0.3 is 0 Å². The number of rotatable bonds is 5. The number of aromatic nitrogens is 1. The van der Waals surface area contributed by atoms with Gasteiger partial charge in [0.1, 0.15) is 19.8 Å². The largest absolute Gasteiger partial charge is 0.338 e. The molecule has 3 aromatic rings. The van der Waals surface area contributed by atoms with E-state index in [1.165, 1.54) is 16.3 Å². The van der Waals surface area contributed by atoms with E-state index in [0.29, 0.717) is 32.0 Å². The maximum atomic E-state index is 13.9. The number of carbonyl (C=O) groups excluding carboxylic acids is 1. The number of nitrogens with zero attached hydrogens (tertiary/aromatic N) is 4. The lowest BCUT2D eigenvalue weighted by atomic mass is 10.2. The molecule has 1 aromatic heterocycles. The Bertz CT molecular complexity index is 1620. The summed E-state index contributed by atoms with van der Waals surface area (Å²) in [5.74, 6) is 0.126. The van der Waals surface area contributed by atoms with E-state index in [2.05, 4.69) is 37.7 Å². The Morgan fingerprint density at radius 2 is 1.70 bits per heavy atom. The van der Waals surface area contributed by atoms with Crippen molar-refractivity contribution in [2.75, 3.05) is 11.6 Å². The Morgan fingerprint density at radius 3 is 2.35 bits per heavy atom. The second-order valence-corrected chi connectivity index (χ2v) is 10.7. The van der Waals surface area contributed by atoms with Gasteiger partial charge in [0.15, 0.2) is 5.84 Å². The minimum atomic E-state index is -0.270. The molecule has 2 aliphatic heterocycles. The van der Waals surface area contributed by atoms with Crippen LogP contribution in [0.2, 0.25) is 0 Å². The van der Waals surface area contributed by atoms with Crippen LogP contribution in [0.1, 0.15) is 20.8 Å². The molecule has 0 bridgehead atoms. The topological polar surface area (TPSA) is 69.9 Å². The van der Waals surface area contributed by atoms with Crippen LogP contribution in [0.3, 0.4) is 0 Å². The molecule has 0 aliphatic carbocycles. The summed E-state index contributed by atoms with van der Waals surface area (Å²) in [4.78, 5) is 35.8. The van der Waals surface area contributed by atoms with Crippen molar-refractivity contribution < 1.29 is 4.79 Å². The molecule has 0 spiro atoms. The molecular weight excluding hydrogens is 502 g/mol. The van der Waals surface area contributed by atoms with Gasteiger partial charge in [-0.3, -0.25) is 19.6 Å². The average molecular weight is 530 g/mol. The third kappa shape index (κ3) is 4.45. The van der Waals surface area contributed by atoms with Gasteiger partial charge in [0.05, 0.1) is 11.4 Å². The fourth-order valence-corrected chi connectivity index (χ4v) is 6.78. The fraction of sp³-hybridized carbons (Fsp3) is 0.179. The molecule has 2 aromatic carbocycles. The summed E-state index contributed by atoms with van der Waals surface area (Å²) in [5.41, 5.74) is 5.93. The molecule has 5 rings (SSSR count).